The molecule has 3 heteroatoms. The van der Waals surface area contributed by atoms with E-state index >= 15 is 0 Å². The Morgan fingerprint density at radius 3 is 2.46 bits per heavy atom. The predicted octanol–water partition coefficient (Wildman–Crippen LogP) is 1.70. The van der Waals surface area contributed by atoms with Crippen molar-refractivity contribution in [1.82, 2.24) is 9.78 Å². The highest BCUT2D eigenvalue weighted by Gasteiger charge is 2.09. The topological polar surface area (TPSA) is 37.8 Å². The van der Waals surface area contributed by atoms with Crippen molar-refractivity contribution < 1.29 is 0 Å². The molecular weight excluding hydrogens is 164 g/mol. The average molecular weight is 182 g/mol. The van der Waals surface area contributed by atoms with E-state index in [4.69, 9.17) is 0 Å². The van der Waals surface area contributed by atoms with E-state index in [9.17, 15) is 4.79 Å². The Kier molecular flexibility index (Phi) is 2.96. The fraction of sp³-hybridized carbons (Fsp3) is 0.700. The van der Waals surface area contributed by atoms with Crippen molar-refractivity contribution in [2.24, 2.45) is 5.92 Å². The number of hydrogen-bond donors (Lipinski definition) is 1. The summed E-state index contributed by atoms with van der Waals surface area (Å²) in [6.45, 7) is 8.89. The van der Waals surface area contributed by atoms with E-state index in [1.54, 1.807) is 4.68 Å². The van der Waals surface area contributed by atoms with Gasteiger partial charge in [-0.2, -0.15) is 0 Å². The second-order valence-electron chi connectivity index (χ2n) is 3.86. The Morgan fingerprint density at radius 1 is 1.46 bits per heavy atom. The zero-order valence-corrected chi connectivity index (χ0v) is 8.85. The average Bonchev–Trinajstić information content (AvgIpc) is 2.32. The molecule has 1 aromatic heterocycles. The van der Waals surface area contributed by atoms with Crippen LogP contribution in [0.25, 0.3) is 0 Å². The summed E-state index contributed by atoms with van der Waals surface area (Å²) in [6.07, 6.45) is 0.952. The third-order valence-corrected chi connectivity index (χ3v) is 2.22. The second kappa shape index (κ2) is 3.81. The van der Waals surface area contributed by atoms with Crippen LogP contribution in [0.4, 0.5) is 0 Å². The smallest absolute Gasteiger partial charge is 0.269 e. The zero-order valence-electron chi connectivity index (χ0n) is 8.85. The number of aromatic nitrogens is 2. The maximum Gasteiger partial charge on any atom is 0.269 e. The molecule has 0 radical (unpaired) electrons. The molecule has 1 rings (SSSR count). The molecule has 3 nitrogen and oxygen atoms in total. The van der Waals surface area contributed by atoms with E-state index in [2.05, 4.69) is 18.9 Å². The van der Waals surface area contributed by atoms with Gasteiger partial charge in [0.05, 0.1) is 0 Å². The van der Waals surface area contributed by atoms with Crippen LogP contribution < -0.4 is 5.56 Å². The van der Waals surface area contributed by atoms with Crippen LogP contribution in [0.15, 0.2) is 4.79 Å². The van der Waals surface area contributed by atoms with Crippen molar-refractivity contribution in [3.8, 4) is 0 Å². The molecule has 1 heterocycles. The molecule has 1 aromatic rings. The molecule has 0 fully saturated rings. The van der Waals surface area contributed by atoms with Gasteiger partial charge in [-0.25, -0.2) is 0 Å². The summed E-state index contributed by atoms with van der Waals surface area (Å²) in [5.41, 5.74) is 2.08. The minimum absolute atomic E-state index is 0.123. The van der Waals surface area contributed by atoms with Gasteiger partial charge in [-0.15, -0.1) is 0 Å². The molecule has 0 saturated carbocycles. The minimum Gasteiger partial charge on any atom is -0.299 e. The standard InChI is InChI=1S/C10H18N2O/c1-5-12-10(13)8(4)9(11-12)6-7(2)3/h7,11H,5-6H2,1-4H3. The largest absolute Gasteiger partial charge is 0.299 e. The van der Waals surface area contributed by atoms with Crippen LogP contribution >= 0.6 is 0 Å². The van der Waals surface area contributed by atoms with Gasteiger partial charge in [-0.3, -0.25) is 14.6 Å². The quantitative estimate of drug-likeness (QED) is 0.759. The third kappa shape index (κ3) is 2.02. The summed E-state index contributed by atoms with van der Waals surface area (Å²) in [6, 6.07) is 0. The maximum absolute atomic E-state index is 11.5. The number of nitrogens with one attached hydrogen (secondary N) is 1. The van der Waals surface area contributed by atoms with Gasteiger partial charge in [0.25, 0.3) is 5.56 Å². The van der Waals surface area contributed by atoms with Gasteiger partial charge < -0.3 is 0 Å². The number of rotatable bonds is 3. The van der Waals surface area contributed by atoms with E-state index in [1.807, 2.05) is 13.8 Å². The normalized spacial score (nSPS) is 11.2. The summed E-state index contributed by atoms with van der Waals surface area (Å²) >= 11 is 0. The van der Waals surface area contributed by atoms with Crippen LogP contribution in [0, 0.1) is 12.8 Å². The van der Waals surface area contributed by atoms with Gasteiger partial charge >= 0.3 is 0 Å². The highest BCUT2D eigenvalue weighted by atomic mass is 16.1. The first-order valence-electron chi connectivity index (χ1n) is 4.84. The second-order valence-corrected chi connectivity index (χ2v) is 3.86. The van der Waals surface area contributed by atoms with E-state index in [-0.39, 0.29) is 5.56 Å². The van der Waals surface area contributed by atoms with Gasteiger partial charge in [0.15, 0.2) is 0 Å². The molecule has 0 amide bonds. The van der Waals surface area contributed by atoms with Gasteiger partial charge in [-0.1, -0.05) is 13.8 Å². The van der Waals surface area contributed by atoms with Crippen LogP contribution in [0.3, 0.4) is 0 Å². The van der Waals surface area contributed by atoms with E-state index in [0.717, 1.165) is 24.2 Å². The lowest BCUT2D eigenvalue weighted by Gasteiger charge is -2.02. The molecule has 0 aliphatic carbocycles. The molecule has 0 aliphatic heterocycles. The first kappa shape index (κ1) is 10.1. The number of hydrogen-bond acceptors (Lipinski definition) is 1. The van der Waals surface area contributed by atoms with Crippen molar-refractivity contribution in [3.05, 3.63) is 21.6 Å². The minimum atomic E-state index is 0.123. The molecule has 0 unspecified atom stereocenters. The molecule has 74 valence electrons. The first-order chi connectivity index (χ1) is 6.06. The van der Waals surface area contributed by atoms with Crippen LogP contribution in [0.5, 0.6) is 0 Å². The fourth-order valence-electron chi connectivity index (χ4n) is 1.46. The molecule has 13 heavy (non-hydrogen) atoms. The highest BCUT2D eigenvalue weighted by molar-refractivity contribution is 5.15. The summed E-state index contributed by atoms with van der Waals surface area (Å²) in [5, 5.41) is 3.13. The SMILES string of the molecule is CCn1[nH]c(CC(C)C)c(C)c1=O. The van der Waals surface area contributed by atoms with E-state index in [1.165, 1.54) is 0 Å². The Balaban J connectivity index is 3.03. The molecule has 0 atom stereocenters. The molecule has 0 aromatic carbocycles. The van der Waals surface area contributed by atoms with Crippen LogP contribution in [0.1, 0.15) is 32.0 Å². The van der Waals surface area contributed by atoms with E-state index in [0.29, 0.717) is 5.92 Å². The molecule has 0 spiro atoms. The maximum atomic E-state index is 11.5. The molecule has 0 aliphatic rings. The van der Waals surface area contributed by atoms with E-state index < -0.39 is 0 Å². The van der Waals surface area contributed by atoms with Crippen LogP contribution in [0.2, 0.25) is 0 Å². The number of aromatic amines is 1. The van der Waals surface area contributed by atoms with Gasteiger partial charge in [0.1, 0.15) is 0 Å². The number of nitrogens with zero attached hydrogens (tertiary/aromatic N) is 1. The van der Waals surface area contributed by atoms with Crippen molar-refractivity contribution in [2.45, 2.75) is 40.7 Å². The molecule has 0 bridgehead atoms. The Bertz CT molecular complexity index is 333. The Labute approximate surface area is 78.8 Å². The highest BCUT2D eigenvalue weighted by Crippen LogP contribution is 2.07. The first-order valence-corrected chi connectivity index (χ1v) is 4.84. The van der Waals surface area contributed by atoms with Crippen molar-refractivity contribution in [2.75, 3.05) is 0 Å². The van der Waals surface area contributed by atoms with Gasteiger partial charge in [0.2, 0.25) is 0 Å². The van der Waals surface area contributed by atoms with Crippen molar-refractivity contribution in [3.63, 3.8) is 0 Å². The lowest BCUT2D eigenvalue weighted by Crippen LogP contribution is -2.16. The monoisotopic (exact) mass is 182 g/mol. The fourth-order valence-corrected chi connectivity index (χ4v) is 1.46. The molecule has 0 saturated heterocycles. The van der Waals surface area contributed by atoms with Gasteiger partial charge in [-0.05, 0) is 26.2 Å². The lowest BCUT2D eigenvalue weighted by molar-refractivity contribution is 0.592. The summed E-state index contributed by atoms with van der Waals surface area (Å²) in [7, 11) is 0. The third-order valence-electron chi connectivity index (χ3n) is 2.22. The summed E-state index contributed by atoms with van der Waals surface area (Å²) < 4.78 is 1.66. The number of H-pyrrole nitrogens is 1. The van der Waals surface area contributed by atoms with Gasteiger partial charge in [0, 0.05) is 17.8 Å². The molecule has 1 N–H and O–H groups in total. The Hall–Kier alpha value is -0.990. The summed E-state index contributed by atoms with van der Waals surface area (Å²) in [4.78, 5) is 11.5. The van der Waals surface area contributed by atoms with Crippen LogP contribution in [-0.4, -0.2) is 9.78 Å². The van der Waals surface area contributed by atoms with Crippen molar-refractivity contribution in [1.29, 1.82) is 0 Å². The molecular formula is C10H18N2O. The van der Waals surface area contributed by atoms with Crippen molar-refractivity contribution >= 4 is 0 Å². The number of aryl methyl sites for hydroxylation is 1. The van der Waals surface area contributed by atoms with Crippen LogP contribution in [-0.2, 0) is 13.0 Å². The zero-order chi connectivity index (χ0) is 10.0. The lowest BCUT2D eigenvalue weighted by atomic mass is 10.1. The Morgan fingerprint density at radius 2 is 2.08 bits per heavy atom. The summed E-state index contributed by atoms with van der Waals surface area (Å²) in [5.74, 6) is 0.585. The predicted molar refractivity (Wildman–Crippen MR) is 54.0 cm³/mol.